The number of carbonyl (C=O) groups is 2. The molecule has 1 amide bonds. The van der Waals surface area contributed by atoms with E-state index in [1.54, 1.807) is 20.8 Å². The van der Waals surface area contributed by atoms with Crippen LogP contribution in [0.25, 0.3) is 0 Å². The van der Waals surface area contributed by atoms with E-state index in [2.05, 4.69) is 5.32 Å². The molecular formula is C18H32FNO6P+. The number of alkyl halides is 1. The molecule has 0 spiro atoms. The summed E-state index contributed by atoms with van der Waals surface area (Å²) >= 11 is 0. The Morgan fingerprint density at radius 3 is 2.33 bits per heavy atom. The first-order chi connectivity index (χ1) is 12.5. The van der Waals surface area contributed by atoms with Gasteiger partial charge in [0.15, 0.2) is 6.17 Å². The maximum absolute atomic E-state index is 14.5. The first-order valence-corrected chi connectivity index (χ1v) is 10.8. The van der Waals surface area contributed by atoms with E-state index in [0.717, 1.165) is 32.1 Å². The average molecular weight is 408 g/mol. The van der Waals surface area contributed by atoms with Gasteiger partial charge in [-0.1, -0.05) is 19.3 Å². The Balaban J connectivity index is 2.38. The summed E-state index contributed by atoms with van der Waals surface area (Å²) in [5.41, 5.74) is -1.62. The predicted molar refractivity (Wildman–Crippen MR) is 99.2 cm³/mol. The number of hydrogen-bond acceptors (Lipinski definition) is 5. The van der Waals surface area contributed by atoms with Gasteiger partial charge in [0.05, 0.1) is 5.41 Å². The molecule has 1 aliphatic rings. The van der Waals surface area contributed by atoms with E-state index < -0.39 is 43.6 Å². The summed E-state index contributed by atoms with van der Waals surface area (Å²) in [7, 11) is -2.62. The number of carbonyl (C=O) groups excluding carboxylic acids is 2. The smallest absolute Gasteiger partial charge is 0.425 e. The molecule has 0 aromatic carbocycles. The largest absolute Gasteiger partial charge is 0.512 e. The Morgan fingerprint density at radius 1 is 1.22 bits per heavy atom. The number of esters is 1. The topological polar surface area (TPSA) is 102 Å². The molecule has 2 N–H and O–H groups in total. The van der Waals surface area contributed by atoms with Crippen molar-refractivity contribution in [1.29, 1.82) is 0 Å². The van der Waals surface area contributed by atoms with Crippen LogP contribution in [-0.4, -0.2) is 41.6 Å². The maximum Gasteiger partial charge on any atom is 0.512 e. The van der Waals surface area contributed by atoms with Crippen LogP contribution in [0.3, 0.4) is 0 Å². The first kappa shape index (κ1) is 23.8. The van der Waals surface area contributed by atoms with Gasteiger partial charge in [-0.3, -0.25) is 4.79 Å². The Bertz CT molecular complexity index is 518. The number of nitrogens with one attached hydrogen (secondary N) is 1. The van der Waals surface area contributed by atoms with Gasteiger partial charge in [0, 0.05) is 25.8 Å². The standard InChI is InChI=1S/C18H31FNO6P/c1-12(25-16(21)18(2,3)4)26-17(22)20-11-10-14(19)15(27(23)24)13-8-6-5-7-9-13/h12-15H,5-11H2,1-4H3,(H-,20,22,23,24)/p+1/t12-,14-,15-/m1/s1. The monoisotopic (exact) mass is 408 g/mol. The molecule has 0 saturated heterocycles. The van der Waals surface area contributed by atoms with E-state index in [0.29, 0.717) is 0 Å². The lowest BCUT2D eigenvalue weighted by atomic mass is 9.85. The molecule has 1 rings (SSSR count). The average Bonchev–Trinajstić information content (AvgIpc) is 2.54. The molecule has 9 heteroatoms. The van der Waals surface area contributed by atoms with Crippen LogP contribution in [0.2, 0.25) is 0 Å². The molecule has 156 valence electrons. The third-order valence-corrected chi connectivity index (χ3v) is 5.86. The molecule has 27 heavy (non-hydrogen) atoms. The van der Waals surface area contributed by atoms with E-state index in [4.69, 9.17) is 9.47 Å². The van der Waals surface area contributed by atoms with Crippen LogP contribution < -0.4 is 5.32 Å². The highest BCUT2D eigenvalue weighted by molar-refractivity contribution is 7.39. The van der Waals surface area contributed by atoms with Crippen molar-refractivity contribution < 1.29 is 32.9 Å². The van der Waals surface area contributed by atoms with Crippen LogP contribution in [0.15, 0.2) is 0 Å². The summed E-state index contributed by atoms with van der Waals surface area (Å²) in [6.45, 7) is 6.41. The summed E-state index contributed by atoms with van der Waals surface area (Å²) in [6, 6.07) is 0. The number of hydrogen-bond donors (Lipinski definition) is 2. The summed E-state index contributed by atoms with van der Waals surface area (Å²) in [5.74, 6) is -0.597. The fourth-order valence-electron chi connectivity index (χ4n) is 3.12. The highest BCUT2D eigenvalue weighted by Gasteiger charge is 2.44. The molecule has 0 aliphatic heterocycles. The summed E-state index contributed by atoms with van der Waals surface area (Å²) in [4.78, 5) is 33.0. The van der Waals surface area contributed by atoms with Gasteiger partial charge in [0.25, 0.3) is 0 Å². The zero-order chi connectivity index (χ0) is 20.6. The lowest BCUT2D eigenvalue weighted by Gasteiger charge is -2.24. The summed E-state index contributed by atoms with van der Waals surface area (Å²) in [5, 5.41) is 2.38. The zero-order valence-corrected chi connectivity index (χ0v) is 17.5. The summed E-state index contributed by atoms with van der Waals surface area (Å²) in [6.07, 6.45) is 1.05. The van der Waals surface area contributed by atoms with Crippen LogP contribution in [0, 0.1) is 11.3 Å². The molecule has 1 fully saturated rings. The third kappa shape index (κ3) is 8.52. The van der Waals surface area contributed by atoms with Crippen LogP contribution in [-0.2, 0) is 18.8 Å². The molecule has 0 radical (unpaired) electrons. The van der Waals surface area contributed by atoms with Gasteiger partial charge in [0.1, 0.15) is 0 Å². The Hall–Kier alpha value is -1.27. The normalized spacial score (nSPS) is 19.6. The molecule has 1 aliphatic carbocycles. The molecule has 0 bridgehead atoms. The van der Waals surface area contributed by atoms with Crippen LogP contribution >= 0.6 is 8.03 Å². The van der Waals surface area contributed by atoms with Crippen LogP contribution in [0.5, 0.6) is 0 Å². The number of amides is 1. The first-order valence-electron chi connectivity index (χ1n) is 9.47. The minimum Gasteiger partial charge on any atom is -0.425 e. The molecular weight excluding hydrogens is 376 g/mol. The fraction of sp³-hybridized carbons (Fsp3) is 0.889. The van der Waals surface area contributed by atoms with Crippen LogP contribution in [0.4, 0.5) is 9.18 Å². The summed E-state index contributed by atoms with van der Waals surface area (Å²) < 4.78 is 36.0. The lowest BCUT2D eigenvalue weighted by Crippen LogP contribution is -2.36. The SMILES string of the molecule is C[C@@H](OC(=O)NCC[C@@H](F)[C@@H](C1CCCCC1)[P+](=O)O)OC(=O)C(C)(C)C. The van der Waals surface area contributed by atoms with Crippen molar-refractivity contribution in [3.63, 3.8) is 0 Å². The van der Waals surface area contributed by atoms with Crippen molar-refractivity contribution in [3.8, 4) is 0 Å². The number of ether oxygens (including phenoxy) is 2. The van der Waals surface area contributed by atoms with E-state index in [1.165, 1.54) is 6.92 Å². The molecule has 1 unspecified atom stereocenters. The Morgan fingerprint density at radius 2 is 1.81 bits per heavy atom. The predicted octanol–water partition coefficient (Wildman–Crippen LogP) is 4.06. The highest BCUT2D eigenvalue weighted by Crippen LogP contribution is 2.41. The molecule has 1 saturated carbocycles. The van der Waals surface area contributed by atoms with Crippen molar-refractivity contribution >= 4 is 20.1 Å². The van der Waals surface area contributed by atoms with Gasteiger partial charge in [-0.15, -0.1) is 0 Å². The zero-order valence-electron chi connectivity index (χ0n) is 16.6. The number of halogens is 1. The second-order valence-electron chi connectivity index (χ2n) is 8.05. The fourth-order valence-corrected chi connectivity index (χ4v) is 4.20. The number of rotatable bonds is 8. The van der Waals surface area contributed by atoms with Gasteiger partial charge >= 0.3 is 20.1 Å². The number of alkyl carbamates (subject to hydrolysis) is 1. The van der Waals surface area contributed by atoms with E-state index in [1.807, 2.05) is 0 Å². The van der Waals surface area contributed by atoms with Crippen LogP contribution in [0.1, 0.15) is 66.2 Å². The molecule has 0 aromatic heterocycles. The van der Waals surface area contributed by atoms with Gasteiger partial charge < -0.3 is 14.8 Å². The second-order valence-corrected chi connectivity index (χ2v) is 9.25. The highest BCUT2D eigenvalue weighted by atomic mass is 31.1. The van der Waals surface area contributed by atoms with Gasteiger partial charge in [-0.2, -0.15) is 4.89 Å². The quantitative estimate of drug-likeness (QED) is 0.357. The van der Waals surface area contributed by atoms with E-state index >= 15 is 0 Å². The lowest BCUT2D eigenvalue weighted by molar-refractivity contribution is -0.174. The van der Waals surface area contributed by atoms with Crippen molar-refractivity contribution in [1.82, 2.24) is 5.32 Å². The third-order valence-electron chi connectivity index (χ3n) is 4.61. The maximum atomic E-state index is 14.5. The minimum atomic E-state index is -2.62. The van der Waals surface area contributed by atoms with Crippen molar-refractivity contribution in [2.45, 2.75) is 84.3 Å². The molecule has 0 heterocycles. The van der Waals surface area contributed by atoms with Crippen molar-refractivity contribution in [3.05, 3.63) is 0 Å². The van der Waals surface area contributed by atoms with Crippen molar-refractivity contribution in [2.75, 3.05) is 6.54 Å². The molecule has 4 atom stereocenters. The van der Waals surface area contributed by atoms with Crippen molar-refractivity contribution in [2.24, 2.45) is 11.3 Å². The van der Waals surface area contributed by atoms with Gasteiger partial charge in [-0.25, -0.2) is 9.18 Å². The second kappa shape index (κ2) is 10.9. The Labute approximate surface area is 161 Å². The van der Waals surface area contributed by atoms with Gasteiger partial charge in [-0.05, 0) is 38.2 Å². The van der Waals surface area contributed by atoms with E-state index in [-0.39, 0.29) is 18.9 Å². The van der Waals surface area contributed by atoms with Gasteiger partial charge in [0.2, 0.25) is 11.9 Å². The minimum absolute atomic E-state index is 0.0354. The molecule has 7 nitrogen and oxygen atoms in total. The van der Waals surface area contributed by atoms with E-state index in [9.17, 15) is 23.4 Å². The Kier molecular flexibility index (Phi) is 9.60. The molecule has 0 aromatic rings.